The van der Waals surface area contributed by atoms with E-state index >= 15 is 0 Å². The smallest absolute Gasteiger partial charge is 0.251 e. The lowest BCUT2D eigenvalue weighted by Gasteiger charge is -2.23. The SMILES string of the molecule is COCCN(Cc1ccccc1)C(=O)Cn1cc(S(=O)(=O)N(C)C)ccc1=O. The van der Waals surface area contributed by atoms with E-state index in [0.29, 0.717) is 19.7 Å². The van der Waals surface area contributed by atoms with Crippen LogP contribution in [0.5, 0.6) is 0 Å². The van der Waals surface area contributed by atoms with E-state index in [1.54, 1.807) is 12.0 Å². The second-order valence-electron chi connectivity index (χ2n) is 6.41. The van der Waals surface area contributed by atoms with E-state index in [2.05, 4.69) is 0 Å². The third-order valence-electron chi connectivity index (χ3n) is 4.17. The number of carbonyl (C=O) groups is 1. The fraction of sp³-hybridized carbons (Fsp3) is 0.368. The van der Waals surface area contributed by atoms with Crippen LogP contribution in [0.1, 0.15) is 5.56 Å². The zero-order valence-electron chi connectivity index (χ0n) is 16.2. The molecular formula is C19H25N3O5S. The number of aromatic nitrogens is 1. The number of amides is 1. The van der Waals surface area contributed by atoms with Crippen LogP contribution in [0.2, 0.25) is 0 Å². The van der Waals surface area contributed by atoms with Gasteiger partial charge < -0.3 is 14.2 Å². The molecule has 0 atom stereocenters. The predicted octanol–water partition coefficient (Wildman–Crippen LogP) is 0.774. The minimum Gasteiger partial charge on any atom is -0.383 e. The van der Waals surface area contributed by atoms with Gasteiger partial charge in [-0.05, 0) is 11.6 Å². The Morgan fingerprint density at radius 1 is 1.11 bits per heavy atom. The van der Waals surface area contributed by atoms with Crippen LogP contribution in [0, 0.1) is 0 Å². The molecule has 9 heteroatoms. The van der Waals surface area contributed by atoms with Gasteiger partial charge in [-0.2, -0.15) is 0 Å². The molecule has 2 rings (SSSR count). The molecule has 152 valence electrons. The van der Waals surface area contributed by atoms with E-state index in [1.165, 1.54) is 26.4 Å². The quantitative estimate of drug-likeness (QED) is 0.613. The largest absolute Gasteiger partial charge is 0.383 e. The normalized spacial score (nSPS) is 11.6. The first-order valence-electron chi connectivity index (χ1n) is 8.69. The standard InChI is InChI=1S/C19H25N3O5S/c1-20(2)28(25,26)17-9-10-18(23)22(14-17)15-19(24)21(11-12-27-3)13-16-7-5-4-6-8-16/h4-10,14H,11-13,15H2,1-3H3. The summed E-state index contributed by atoms with van der Waals surface area (Å²) in [6.07, 6.45) is 1.20. The maximum absolute atomic E-state index is 12.8. The molecule has 0 unspecified atom stereocenters. The van der Waals surface area contributed by atoms with Crippen LogP contribution in [0.25, 0.3) is 0 Å². The van der Waals surface area contributed by atoms with E-state index in [-0.39, 0.29) is 17.3 Å². The van der Waals surface area contributed by atoms with Gasteiger partial charge in [0.1, 0.15) is 6.54 Å². The zero-order valence-corrected chi connectivity index (χ0v) is 17.1. The molecule has 2 aromatic rings. The Morgan fingerprint density at radius 2 is 1.79 bits per heavy atom. The summed E-state index contributed by atoms with van der Waals surface area (Å²) in [5, 5.41) is 0. The van der Waals surface area contributed by atoms with Crippen molar-refractivity contribution in [3.05, 3.63) is 64.6 Å². The molecule has 1 aromatic carbocycles. The first-order valence-corrected chi connectivity index (χ1v) is 10.1. The number of benzene rings is 1. The van der Waals surface area contributed by atoms with Crippen molar-refractivity contribution in [1.29, 1.82) is 0 Å². The number of pyridine rings is 1. The van der Waals surface area contributed by atoms with E-state index in [0.717, 1.165) is 20.5 Å². The Labute approximate surface area is 165 Å². The van der Waals surface area contributed by atoms with Crippen LogP contribution in [-0.4, -0.2) is 62.5 Å². The molecule has 0 aliphatic heterocycles. The highest BCUT2D eigenvalue weighted by molar-refractivity contribution is 7.89. The lowest BCUT2D eigenvalue weighted by Crippen LogP contribution is -2.38. The minimum atomic E-state index is -3.71. The lowest BCUT2D eigenvalue weighted by molar-refractivity contribution is -0.133. The van der Waals surface area contributed by atoms with Crippen LogP contribution in [-0.2, 0) is 32.6 Å². The van der Waals surface area contributed by atoms with Crippen molar-refractivity contribution in [3.8, 4) is 0 Å². The van der Waals surface area contributed by atoms with Crippen molar-refractivity contribution >= 4 is 15.9 Å². The first-order chi connectivity index (χ1) is 13.3. The number of nitrogens with zero attached hydrogens (tertiary/aromatic N) is 3. The molecule has 0 aliphatic carbocycles. The molecular weight excluding hydrogens is 382 g/mol. The molecule has 8 nitrogen and oxygen atoms in total. The summed E-state index contributed by atoms with van der Waals surface area (Å²) in [5.74, 6) is -0.303. The van der Waals surface area contributed by atoms with Gasteiger partial charge in [0.05, 0.1) is 11.5 Å². The van der Waals surface area contributed by atoms with Gasteiger partial charge in [0, 0.05) is 46.6 Å². The molecule has 0 spiro atoms. The number of sulfonamides is 1. The monoisotopic (exact) mass is 407 g/mol. The highest BCUT2D eigenvalue weighted by atomic mass is 32.2. The molecule has 1 aromatic heterocycles. The van der Waals surface area contributed by atoms with Crippen LogP contribution < -0.4 is 5.56 Å². The molecule has 0 radical (unpaired) electrons. The number of rotatable bonds is 9. The average Bonchev–Trinajstić information content (AvgIpc) is 2.67. The molecule has 0 N–H and O–H groups in total. The summed E-state index contributed by atoms with van der Waals surface area (Å²) in [5.41, 5.74) is 0.501. The van der Waals surface area contributed by atoms with Crippen LogP contribution in [0.4, 0.5) is 0 Å². The Kier molecular flexibility index (Phi) is 7.50. The first kappa shape index (κ1) is 21.8. The Hall–Kier alpha value is -2.49. The van der Waals surface area contributed by atoms with Crippen LogP contribution in [0.3, 0.4) is 0 Å². The van der Waals surface area contributed by atoms with E-state index < -0.39 is 15.6 Å². The maximum Gasteiger partial charge on any atom is 0.251 e. The Bertz CT molecular complexity index is 955. The van der Waals surface area contributed by atoms with Gasteiger partial charge in [-0.3, -0.25) is 9.59 Å². The molecule has 0 bridgehead atoms. The number of methoxy groups -OCH3 is 1. The maximum atomic E-state index is 12.8. The summed E-state index contributed by atoms with van der Waals surface area (Å²) in [4.78, 5) is 26.5. The van der Waals surface area contributed by atoms with Gasteiger partial charge in [0.15, 0.2) is 0 Å². The van der Waals surface area contributed by atoms with Crippen molar-refractivity contribution in [2.45, 2.75) is 18.0 Å². The second-order valence-corrected chi connectivity index (χ2v) is 8.56. The number of carbonyl (C=O) groups excluding carboxylic acids is 1. The number of hydrogen-bond acceptors (Lipinski definition) is 5. The predicted molar refractivity (Wildman–Crippen MR) is 105 cm³/mol. The van der Waals surface area contributed by atoms with Crippen LogP contribution in [0.15, 0.2) is 58.4 Å². The van der Waals surface area contributed by atoms with Gasteiger partial charge in [0.2, 0.25) is 15.9 Å². The van der Waals surface area contributed by atoms with Crippen molar-refractivity contribution < 1.29 is 17.9 Å². The highest BCUT2D eigenvalue weighted by Gasteiger charge is 2.20. The fourth-order valence-electron chi connectivity index (χ4n) is 2.54. The molecule has 0 saturated carbocycles. The van der Waals surface area contributed by atoms with E-state index in [4.69, 9.17) is 4.74 Å². The Morgan fingerprint density at radius 3 is 2.39 bits per heavy atom. The lowest BCUT2D eigenvalue weighted by atomic mass is 10.2. The molecule has 1 heterocycles. The summed E-state index contributed by atoms with van der Waals surface area (Å²) >= 11 is 0. The molecule has 0 fully saturated rings. The third-order valence-corrected chi connectivity index (χ3v) is 5.97. The van der Waals surface area contributed by atoms with Crippen molar-refractivity contribution in [3.63, 3.8) is 0 Å². The van der Waals surface area contributed by atoms with Gasteiger partial charge in [-0.1, -0.05) is 30.3 Å². The van der Waals surface area contributed by atoms with Crippen molar-refractivity contribution in [1.82, 2.24) is 13.8 Å². The molecule has 0 saturated heterocycles. The molecule has 0 aliphatic rings. The topological polar surface area (TPSA) is 88.9 Å². The zero-order chi connectivity index (χ0) is 20.7. The highest BCUT2D eigenvalue weighted by Crippen LogP contribution is 2.11. The van der Waals surface area contributed by atoms with Gasteiger partial charge >= 0.3 is 0 Å². The van der Waals surface area contributed by atoms with Gasteiger partial charge in [-0.25, -0.2) is 12.7 Å². The average molecular weight is 407 g/mol. The minimum absolute atomic E-state index is 0.0450. The second kappa shape index (κ2) is 9.63. The number of ether oxygens (including phenoxy) is 1. The Balaban J connectivity index is 2.25. The molecule has 1 amide bonds. The van der Waals surface area contributed by atoms with Gasteiger partial charge in [-0.15, -0.1) is 0 Å². The number of hydrogen-bond donors (Lipinski definition) is 0. The fourth-order valence-corrected chi connectivity index (χ4v) is 3.46. The van der Waals surface area contributed by atoms with E-state index in [9.17, 15) is 18.0 Å². The summed E-state index contributed by atoms with van der Waals surface area (Å²) in [6.45, 7) is 0.816. The van der Waals surface area contributed by atoms with Gasteiger partial charge in [0.25, 0.3) is 5.56 Å². The van der Waals surface area contributed by atoms with E-state index in [1.807, 2.05) is 30.3 Å². The summed E-state index contributed by atoms with van der Waals surface area (Å²) < 4.78 is 31.8. The summed E-state index contributed by atoms with van der Waals surface area (Å²) in [6, 6.07) is 11.9. The van der Waals surface area contributed by atoms with Crippen molar-refractivity contribution in [2.24, 2.45) is 0 Å². The van der Waals surface area contributed by atoms with Crippen LogP contribution >= 0.6 is 0 Å². The summed E-state index contributed by atoms with van der Waals surface area (Å²) in [7, 11) is 0.651. The third kappa shape index (κ3) is 5.51. The van der Waals surface area contributed by atoms with Crippen molar-refractivity contribution in [2.75, 3.05) is 34.4 Å². The molecule has 28 heavy (non-hydrogen) atoms.